The van der Waals surface area contributed by atoms with E-state index in [-0.39, 0.29) is 6.10 Å². The monoisotopic (exact) mass is 609 g/mol. The van der Waals surface area contributed by atoms with Gasteiger partial charge in [0.15, 0.2) is 0 Å². The molecule has 2 aromatic heterocycles. The van der Waals surface area contributed by atoms with Crippen LogP contribution in [-0.2, 0) is 21.8 Å². The van der Waals surface area contributed by atoms with E-state index in [0.29, 0.717) is 47.9 Å². The zero-order valence-corrected chi connectivity index (χ0v) is 24.9. The van der Waals surface area contributed by atoms with Gasteiger partial charge >= 0.3 is 0 Å². The quantitative estimate of drug-likeness (QED) is 0.228. The van der Waals surface area contributed by atoms with Crippen molar-refractivity contribution in [2.24, 2.45) is 0 Å². The average molecular weight is 611 g/mol. The van der Waals surface area contributed by atoms with Crippen LogP contribution in [0.15, 0.2) is 79.4 Å². The smallest absolute Gasteiger partial charge is 0.215 e. The van der Waals surface area contributed by atoms with E-state index in [9.17, 15) is 0 Å². The number of pyridine rings is 1. The minimum absolute atomic E-state index is 0.289. The molecule has 0 bridgehead atoms. The summed E-state index contributed by atoms with van der Waals surface area (Å²) in [6.45, 7) is 7.24. The highest BCUT2D eigenvalue weighted by Crippen LogP contribution is 2.40. The largest absolute Gasteiger partial charge is 0.491 e. The number of imidazole rings is 1. The van der Waals surface area contributed by atoms with Gasteiger partial charge in [0.05, 0.1) is 31.1 Å². The Morgan fingerprint density at radius 3 is 2.52 bits per heavy atom. The molecule has 0 spiro atoms. The molecule has 4 heterocycles. The highest BCUT2D eigenvalue weighted by molar-refractivity contribution is 6.35. The molecular formula is C31H33Cl2N5O4. The maximum atomic E-state index is 6.58. The number of aromatic nitrogens is 3. The lowest BCUT2D eigenvalue weighted by molar-refractivity contribution is -0.189. The lowest BCUT2D eigenvalue weighted by Gasteiger charge is -2.36. The molecule has 0 saturated carbocycles. The molecule has 220 valence electrons. The number of nitrogens with zero attached hydrogens (tertiary/aromatic N) is 5. The predicted octanol–water partition coefficient (Wildman–Crippen LogP) is 5.66. The van der Waals surface area contributed by atoms with Gasteiger partial charge in [-0.05, 0) is 49.4 Å². The van der Waals surface area contributed by atoms with Gasteiger partial charge in [0.1, 0.15) is 24.3 Å². The maximum absolute atomic E-state index is 6.58. The number of ether oxygens (including phenoxy) is 4. The molecule has 4 aromatic rings. The summed E-state index contributed by atoms with van der Waals surface area (Å²) in [7, 11) is 0. The van der Waals surface area contributed by atoms with Gasteiger partial charge in [0, 0.05) is 60.9 Å². The number of anilines is 2. The van der Waals surface area contributed by atoms with Crippen molar-refractivity contribution in [2.45, 2.75) is 25.4 Å². The van der Waals surface area contributed by atoms with Gasteiger partial charge in [-0.1, -0.05) is 35.3 Å². The molecule has 2 aliphatic rings. The van der Waals surface area contributed by atoms with Gasteiger partial charge in [-0.25, -0.2) is 4.98 Å². The zero-order chi connectivity index (χ0) is 28.9. The van der Waals surface area contributed by atoms with Gasteiger partial charge in [-0.3, -0.25) is 0 Å². The Morgan fingerprint density at radius 1 is 0.976 bits per heavy atom. The van der Waals surface area contributed by atoms with Crippen molar-refractivity contribution < 1.29 is 18.9 Å². The van der Waals surface area contributed by atoms with Gasteiger partial charge in [0.2, 0.25) is 11.7 Å². The Kier molecular flexibility index (Phi) is 8.71. The molecule has 11 heteroatoms. The number of rotatable bonds is 10. The van der Waals surface area contributed by atoms with Gasteiger partial charge in [0.25, 0.3) is 0 Å². The molecule has 0 aliphatic carbocycles. The van der Waals surface area contributed by atoms with Crippen molar-refractivity contribution >= 4 is 34.7 Å². The Labute approximate surface area is 255 Å². The van der Waals surface area contributed by atoms with Gasteiger partial charge in [-0.2, -0.15) is 4.98 Å². The first-order valence-corrected chi connectivity index (χ1v) is 14.8. The van der Waals surface area contributed by atoms with Crippen molar-refractivity contribution in [3.05, 3.63) is 95.0 Å². The van der Waals surface area contributed by atoms with E-state index < -0.39 is 5.79 Å². The standard InChI is InChI=1S/C31H33Cl2N5O4/c1-2-39-30-5-3-4-29(35-30)38-16-14-37(15-17-38)24-7-9-25(10-8-24)40-19-26-20-41-31(42-26,21-36-13-12-34-22-36)27-11-6-23(32)18-28(27)33/h3-13,18,22,26H,2,14-17,19-21H2,1H3/t26-,31-/m1/s1. The summed E-state index contributed by atoms with van der Waals surface area (Å²) in [6.07, 6.45) is 5.01. The lowest BCUT2D eigenvalue weighted by Crippen LogP contribution is -2.46. The topological polar surface area (TPSA) is 74.1 Å². The Morgan fingerprint density at radius 2 is 1.79 bits per heavy atom. The summed E-state index contributed by atoms with van der Waals surface area (Å²) in [5, 5.41) is 1.03. The minimum atomic E-state index is -1.08. The average Bonchev–Trinajstić information content (AvgIpc) is 3.67. The third kappa shape index (κ3) is 6.44. The molecule has 9 nitrogen and oxygen atoms in total. The van der Waals surface area contributed by atoms with E-state index in [1.165, 1.54) is 0 Å². The van der Waals surface area contributed by atoms with E-state index in [0.717, 1.165) is 43.4 Å². The lowest BCUT2D eigenvalue weighted by atomic mass is 10.1. The van der Waals surface area contributed by atoms with E-state index in [4.69, 9.17) is 42.1 Å². The van der Waals surface area contributed by atoms with Crippen LogP contribution in [0.1, 0.15) is 12.5 Å². The highest BCUT2D eigenvalue weighted by atomic mass is 35.5. The molecule has 2 atom stereocenters. The van der Waals surface area contributed by atoms with Crippen molar-refractivity contribution in [1.82, 2.24) is 14.5 Å². The van der Waals surface area contributed by atoms with Crippen LogP contribution in [0, 0.1) is 0 Å². The normalized spacial score (nSPS) is 20.6. The number of hydrogen-bond donors (Lipinski definition) is 0. The van der Waals surface area contributed by atoms with Crippen molar-refractivity contribution in [2.75, 3.05) is 55.8 Å². The van der Waals surface area contributed by atoms with Crippen LogP contribution < -0.4 is 19.3 Å². The van der Waals surface area contributed by atoms with Gasteiger partial charge < -0.3 is 33.3 Å². The minimum Gasteiger partial charge on any atom is -0.491 e. The first kappa shape index (κ1) is 28.6. The van der Waals surface area contributed by atoms with Crippen molar-refractivity contribution in [1.29, 1.82) is 0 Å². The first-order valence-electron chi connectivity index (χ1n) is 14.1. The fourth-order valence-electron chi connectivity index (χ4n) is 5.32. The van der Waals surface area contributed by atoms with Crippen LogP contribution in [0.3, 0.4) is 0 Å². The molecule has 2 fully saturated rings. The number of benzene rings is 2. The molecule has 2 aliphatic heterocycles. The molecule has 0 radical (unpaired) electrons. The SMILES string of the molecule is CCOc1cccc(N2CCN(c3ccc(OC[C@@H]4CO[C@@](Cn5ccnc5)(c5ccc(Cl)cc5Cl)O4)cc3)CC2)n1. The molecule has 0 N–H and O–H groups in total. The summed E-state index contributed by atoms with van der Waals surface area (Å²) < 4.78 is 26.4. The van der Waals surface area contributed by atoms with Crippen molar-refractivity contribution in [3.8, 4) is 11.6 Å². The first-order chi connectivity index (χ1) is 20.5. The van der Waals surface area contributed by atoms with Crippen LogP contribution >= 0.6 is 23.2 Å². The van der Waals surface area contributed by atoms with E-state index in [2.05, 4.69) is 31.9 Å². The van der Waals surface area contributed by atoms with Crippen LogP contribution in [0.25, 0.3) is 0 Å². The molecule has 0 unspecified atom stereocenters. The summed E-state index contributed by atoms with van der Waals surface area (Å²) in [5.41, 5.74) is 1.88. The van der Waals surface area contributed by atoms with Crippen molar-refractivity contribution in [3.63, 3.8) is 0 Å². The second-order valence-corrected chi connectivity index (χ2v) is 11.1. The molecule has 2 saturated heterocycles. The highest BCUT2D eigenvalue weighted by Gasteiger charge is 2.45. The summed E-state index contributed by atoms with van der Waals surface area (Å²) in [6, 6.07) is 19.4. The summed E-state index contributed by atoms with van der Waals surface area (Å²) in [4.78, 5) is 13.5. The molecule has 0 amide bonds. The van der Waals surface area contributed by atoms with Crippen LogP contribution in [-0.4, -0.2) is 66.6 Å². The molecule has 42 heavy (non-hydrogen) atoms. The Balaban J connectivity index is 1.04. The third-order valence-electron chi connectivity index (χ3n) is 7.39. The molecular weight excluding hydrogens is 577 g/mol. The van der Waals surface area contributed by atoms with Crippen LogP contribution in [0.2, 0.25) is 10.0 Å². The fraction of sp³-hybridized carbons (Fsp3) is 0.355. The molecule has 6 rings (SSSR count). The maximum Gasteiger partial charge on any atom is 0.215 e. The van der Waals surface area contributed by atoms with Crippen LogP contribution in [0.5, 0.6) is 11.6 Å². The number of piperazine rings is 1. The van der Waals surface area contributed by atoms with Crippen LogP contribution in [0.4, 0.5) is 11.5 Å². The number of halogens is 2. The summed E-state index contributed by atoms with van der Waals surface area (Å²) in [5.74, 6) is 1.31. The second-order valence-electron chi connectivity index (χ2n) is 10.2. The molecule has 2 aromatic carbocycles. The van der Waals surface area contributed by atoms with E-state index in [1.54, 1.807) is 24.7 Å². The van der Waals surface area contributed by atoms with E-state index >= 15 is 0 Å². The third-order valence-corrected chi connectivity index (χ3v) is 7.94. The Hall–Kier alpha value is -3.50. The van der Waals surface area contributed by atoms with E-state index in [1.807, 2.05) is 54.1 Å². The van der Waals surface area contributed by atoms with Gasteiger partial charge in [-0.15, -0.1) is 0 Å². The second kappa shape index (κ2) is 12.8. The number of hydrogen-bond acceptors (Lipinski definition) is 8. The zero-order valence-electron chi connectivity index (χ0n) is 23.4. The Bertz CT molecular complexity index is 1460. The summed E-state index contributed by atoms with van der Waals surface area (Å²) >= 11 is 12.7. The predicted molar refractivity (Wildman–Crippen MR) is 163 cm³/mol. The fourth-order valence-corrected chi connectivity index (χ4v) is 5.87.